The molecule has 0 spiro atoms. The number of hydrogen-bond donors (Lipinski definition) is 0. The third kappa shape index (κ3) is 3.70. The molecule has 98 valence electrons. The normalized spacial score (nSPS) is 29.6. The lowest BCUT2D eigenvalue weighted by Crippen LogP contribution is -2.39. The third-order valence-corrected chi connectivity index (χ3v) is 4.15. The molecular weight excluding hydrogens is 214 g/mol. The van der Waals surface area contributed by atoms with Crippen LogP contribution in [0.5, 0.6) is 0 Å². The van der Waals surface area contributed by atoms with Crippen molar-refractivity contribution in [3.8, 4) is 0 Å². The lowest BCUT2D eigenvalue weighted by Gasteiger charge is -2.32. The van der Waals surface area contributed by atoms with Crippen molar-refractivity contribution in [2.24, 2.45) is 5.92 Å². The first-order valence-electron chi connectivity index (χ1n) is 7.19. The Kier molecular flexibility index (Phi) is 4.84. The molecule has 0 aromatic rings. The van der Waals surface area contributed by atoms with Crippen LogP contribution in [0.4, 0.5) is 0 Å². The second-order valence-electron chi connectivity index (χ2n) is 5.43. The molecule has 2 fully saturated rings. The highest BCUT2D eigenvalue weighted by Crippen LogP contribution is 2.21. The lowest BCUT2D eigenvalue weighted by molar-refractivity contribution is -0.133. The summed E-state index contributed by atoms with van der Waals surface area (Å²) in [5.74, 6) is 1.08. The fourth-order valence-electron chi connectivity index (χ4n) is 2.94. The van der Waals surface area contributed by atoms with Crippen LogP contribution in [0.3, 0.4) is 0 Å². The van der Waals surface area contributed by atoms with Crippen molar-refractivity contribution in [1.82, 2.24) is 4.90 Å². The summed E-state index contributed by atoms with van der Waals surface area (Å²) in [6.45, 7) is 5.08. The molecule has 0 bridgehead atoms. The Balaban J connectivity index is 1.71. The number of hydrogen-bond acceptors (Lipinski definition) is 2. The molecule has 2 aliphatic rings. The zero-order chi connectivity index (χ0) is 12.1. The van der Waals surface area contributed by atoms with Crippen molar-refractivity contribution in [2.45, 2.75) is 58.0 Å². The van der Waals surface area contributed by atoms with Crippen molar-refractivity contribution in [2.75, 3.05) is 19.7 Å². The fourth-order valence-corrected chi connectivity index (χ4v) is 2.94. The first kappa shape index (κ1) is 12.9. The minimum atomic E-state index is 0.346. The van der Waals surface area contributed by atoms with Crippen LogP contribution in [0.2, 0.25) is 0 Å². The van der Waals surface area contributed by atoms with E-state index in [0.717, 1.165) is 38.5 Å². The van der Waals surface area contributed by atoms with Crippen LogP contribution >= 0.6 is 0 Å². The van der Waals surface area contributed by atoms with Crippen molar-refractivity contribution >= 4 is 5.91 Å². The highest BCUT2D eigenvalue weighted by molar-refractivity contribution is 5.76. The van der Waals surface area contributed by atoms with Gasteiger partial charge in [-0.15, -0.1) is 0 Å². The highest BCUT2D eigenvalue weighted by Gasteiger charge is 2.23. The molecule has 0 aliphatic carbocycles. The van der Waals surface area contributed by atoms with Gasteiger partial charge >= 0.3 is 0 Å². The van der Waals surface area contributed by atoms with E-state index in [9.17, 15) is 4.79 Å². The molecule has 0 saturated carbocycles. The Morgan fingerprint density at radius 2 is 2.24 bits per heavy atom. The van der Waals surface area contributed by atoms with E-state index >= 15 is 0 Å². The molecule has 0 radical (unpaired) electrons. The maximum absolute atomic E-state index is 12.1. The summed E-state index contributed by atoms with van der Waals surface area (Å²) >= 11 is 0. The molecule has 2 heterocycles. The predicted octanol–water partition coefficient (Wildman–Crippen LogP) is 2.59. The molecule has 0 N–H and O–H groups in total. The number of nitrogens with zero attached hydrogens (tertiary/aromatic N) is 1. The SMILES string of the molecule is CC[C@@H]1CCCN(C(=O)CC[C@H]2CCCO2)C1. The summed E-state index contributed by atoms with van der Waals surface area (Å²) in [5, 5.41) is 0. The molecule has 2 rings (SSSR count). The van der Waals surface area contributed by atoms with E-state index in [0.29, 0.717) is 18.4 Å². The molecule has 0 aromatic heterocycles. The van der Waals surface area contributed by atoms with E-state index in [-0.39, 0.29) is 0 Å². The summed E-state index contributed by atoms with van der Waals surface area (Å²) in [7, 11) is 0. The quantitative estimate of drug-likeness (QED) is 0.754. The molecule has 0 unspecified atom stereocenters. The maximum atomic E-state index is 12.1. The van der Waals surface area contributed by atoms with Crippen molar-refractivity contribution in [3.05, 3.63) is 0 Å². The number of carbonyl (C=O) groups excluding carboxylic acids is 1. The monoisotopic (exact) mass is 239 g/mol. The molecule has 2 aliphatic heterocycles. The van der Waals surface area contributed by atoms with E-state index in [1.807, 2.05) is 0 Å². The van der Waals surface area contributed by atoms with Gasteiger partial charge in [0.05, 0.1) is 6.10 Å². The topological polar surface area (TPSA) is 29.5 Å². The number of amides is 1. The molecule has 2 saturated heterocycles. The largest absolute Gasteiger partial charge is 0.378 e. The zero-order valence-electron chi connectivity index (χ0n) is 11.0. The van der Waals surface area contributed by atoms with E-state index in [1.165, 1.54) is 25.7 Å². The summed E-state index contributed by atoms with van der Waals surface area (Å²) in [6.07, 6.45) is 7.95. The Labute approximate surface area is 105 Å². The lowest BCUT2D eigenvalue weighted by atomic mass is 9.95. The van der Waals surface area contributed by atoms with Crippen LogP contribution in [0.15, 0.2) is 0 Å². The summed E-state index contributed by atoms with van der Waals surface area (Å²) in [4.78, 5) is 14.2. The number of piperidine rings is 1. The van der Waals surface area contributed by atoms with Crippen molar-refractivity contribution in [3.63, 3.8) is 0 Å². The van der Waals surface area contributed by atoms with Crippen LogP contribution in [0.25, 0.3) is 0 Å². The second-order valence-corrected chi connectivity index (χ2v) is 5.43. The number of rotatable bonds is 4. The average Bonchev–Trinajstić information content (AvgIpc) is 2.89. The van der Waals surface area contributed by atoms with E-state index in [2.05, 4.69) is 11.8 Å². The van der Waals surface area contributed by atoms with Gasteiger partial charge < -0.3 is 9.64 Å². The van der Waals surface area contributed by atoms with Crippen molar-refractivity contribution in [1.29, 1.82) is 0 Å². The van der Waals surface area contributed by atoms with Crippen LogP contribution in [0, 0.1) is 5.92 Å². The molecule has 3 nitrogen and oxygen atoms in total. The van der Waals surface area contributed by atoms with Gasteiger partial charge in [0.25, 0.3) is 0 Å². The van der Waals surface area contributed by atoms with E-state index < -0.39 is 0 Å². The van der Waals surface area contributed by atoms with Crippen LogP contribution < -0.4 is 0 Å². The van der Waals surface area contributed by atoms with Crippen LogP contribution in [-0.2, 0) is 9.53 Å². The van der Waals surface area contributed by atoms with Gasteiger partial charge in [-0.2, -0.15) is 0 Å². The van der Waals surface area contributed by atoms with Crippen molar-refractivity contribution < 1.29 is 9.53 Å². The van der Waals surface area contributed by atoms with Gasteiger partial charge in [0.2, 0.25) is 5.91 Å². The van der Waals surface area contributed by atoms with Crippen LogP contribution in [-0.4, -0.2) is 36.6 Å². The number of ether oxygens (including phenoxy) is 1. The van der Waals surface area contributed by atoms with Gasteiger partial charge in [0.15, 0.2) is 0 Å². The predicted molar refractivity (Wildman–Crippen MR) is 67.8 cm³/mol. The maximum Gasteiger partial charge on any atom is 0.222 e. The van der Waals surface area contributed by atoms with Gasteiger partial charge in [0, 0.05) is 26.1 Å². The van der Waals surface area contributed by atoms with Gasteiger partial charge in [-0.1, -0.05) is 13.3 Å². The zero-order valence-corrected chi connectivity index (χ0v) is 11.0. The van der Waals surface area contributed by atoms with Gasteiger partial charge in [-0.05, 0) is 38.0 Å². The molecule has 3 heteroatoms. The van der Waals surface area contributed by atoms with Gasteiger partial charge in [-0.25, -0.2) is 0 Å². The van der Waals surface area contributed by atoms with Gasteiger partial charge in [0.1, 0.15) is 0 Å². The Morgan fingerprint density at radius 3 is 2.94 bits per heavy atom. The molecule has 1 amide bonds. The molecular formula is C14H25NO2. The minimum absolute atomic E-state index is 0.346. The fraction of sp³-hybridized carbons (Fsp3) is 0.929. The molecule has 2 atom stereocenters. The summed E-state index contributed by atoms with van der Waals surface area (Å²) in [5.41, 5.74) is 0. The standard InChI is InChI=1S/C14H25NO2/c1-2-12-5-3-9-15(11-12)14(16)8-7-13-6-4-10-17-13/h12-13H,2-11H2,1H3/t12-,13-/m1/s1. The summed E-state index contributed by atoms with van der Waals surface area (Å²) in [6, 6.07) is 0. The van der Waals surface area contributed by atoms with E-state index in [1.54, 1.807) is 0 Å². The third-order valence-electron chi connectivity index (χ3n) is 4.15. The highest BCUT2D eigenvalue weighted by atomic mass is 16.5. The smallest absolute Gasteiger partial charge is 0.222 e. The number of likely N-dealkylation sites (tertiary alicyclic amines) is 1. The average molecular weight is 239 g/mol. The Bertz CT molecular complexity index is 249. The Morgan fingerprint density at radius 1 is 1.35 bits per heavy atom. The molecule has 0 aromatic carbocycles. The molecule has 17 heavy (non-hydrogen) atoms. The summed E-state index contributed by atoms with van der Waals surface area (Å²) < 4.78 is 5.56. The number of carbonyl (C=O) groups is 1. The van der Waals surface area contributed by atoms with Gasteiger partial charge in [-0.3, -0.25) is 4.79 Å². The minimum Gasteiger partial charge on any atom is -0.378 e. The first-order chi connectivity index (χ1) is 8.29. The van der Waals surface area contributed by atoms with E-state index in [4.69, 9.17) is 4.74 Å². The first-order valence-corrected chi connectivity index (χ1v) is 7.19. The Hall–Kier alpha value is -0.570. The second kappa shape index (κ2) is 6.39. The van der Waals surface area contributed by atoms with Crippen LogP contribution in [0.1, 0.15) is 51.9 Å².